The minimum absolute atomic E-state index is 0.943. The minimum atomic E-state index is 0.943. The van der Waals surface area contributed by atoms with Crippen molar-refractivity contribution in [1.29, 1.82) is 0 Å². The summed E-state index contributed by atoms with van der Waals surface area (Å²) in [6.45, 7) is 2.04. The molecule has 128 valence electrons. The fraction of sp³-hybridized carbons (Fsp3) is 0.0400. The fourth-order valence-electron chi connectivity index (χ4n) is 3.66. The fourth-order valence-corrected chi connectivity index (χ4v) is 3.66. The van der Waals surface area contributed by atoms with E-state index in [-0.39, 0.29) is 0 Å². The van der Waals surface area contributed by atoms with E-state index < -0.39 is 0 Å². The van der Waals surface area contributed by atoms with Crippen molar-refractivity contribution in [2.24, 2.45) is 0 Å². The second kappa shape index (κ2) is 6.33. The standard InChI is InChI=1S/C25H18N2/c1-17-23(19-12-6-3-7-13-19)27-24-21-15-9-8-14-20(21)16-22(25(24)26-17)18-10-4-2-5-11-18/h2-16H,1H3. The van der Waals surface area contributed by atoms with E-state index in [2.05, 4.69) is 66.7 Å². The number of fused-ring (bicyclic) bond motifs is 3. The second-order valence-corrected chi connectivity index (χ2v) is 6.73. The van der Waals surface area contributed by atoms with Crippen molar-refractivity contribution >= 4 is 21.8 Å². The maximum Gasteiger partial charge on any atom is 0.0979 e. The summed E-state index contributed by atoms with van der Waals surface area (Å²) in [5.41, 5.74) is 7.18. The van der Waals surface area contributed by atoms with Crippen LogP contribution in [0.15, 0.2) is 91.0 Å². The van der Waals surface area contributed by atoms with Gasteiger partial charge in [0.25, 0.3) is 0 Å². The topological polar surface area (TPSA) is 25.8 Å². The van der Waals surface area contributed by atoms with E-state index >= 15 is 0 Å². The highest BCUT2D eigenvalue weighted by Crippen LogP contribution is 2.34. The molecule has 0 amide bonds. The van der Waals surface area contributed by atoms with Crippen LogP contribution in [-0.2, 0) is 0 Å². The summed E-state index contributed by atoms with van der Waals surface area (Å²) in [4.78, 5) is 10.1. The van der Waals surface area contributed by atoms with Crippen molar-refractivity contribution in [3.05, 3.63) is 96.7 Å². The van der Waals surface area contributed by atoms with E-state index in [1.807, 2.05) is 31.2 Å². The molecular weight excluding hydrogens is 328 g/mol. The number of nitrogens with zero attached hydrogens (tertiary/aromatic N) is 2. The predicted molar refractivity (Wildman–Crippen MR) is 113 cm³/mol. The zero-order valence-electron chi connectivity index (χ0n) is 15.1. The quantitative estimate of drug-likeness (QED) is 0.344. The van der Waals surface area contributed by atoms with Crippen LogP contribution in [0.4, 0.5) is 0 Å². The summed E-state index contributed by atoms with van der Waals surface area (Å²) in [7, 11) is 0. The predicted octanol–water partition coefficient (Wildman–Crippen LogP) is 6.43. The number of aryl methyl sites for hydroxylation is 1. The van der Waals surface area contributed by atoms with Crippen molar-refractivity contribution in [2.45, 2.75) is 6.92 Å². The number of aromatic nitrogens is 2. The van der Waals surface area contributed by atoms with Gasteiger partial charge in [-0.1, -0.05) is 84.9 Å². The largest absolute Gasteiger partial charge is 0.249 e. The third-order valence-corrected chi connectivity index (χ3v) is 4.97. The van der Waals surface area contributed by atoms with Gasteiger partial charge in [-0.15, -0.1) is 0 Å². The van der Waals surface area contributed by atoms with Crippen LogP contribution in [0.1, 0.15) is 5.69 Å². The summed E-state index contributed by atoms with van der Waals surface area (Å²) in [6.07, 6.45) is 0. The number of rotatable bonds is 2. The molecule has 4 aromatic carbocycles. The van der Waals surface area contributed by atoms with Crippen LogP contribution < -0.4 is 0 Å². The van der Waals surface area contributed by atoms with Gasteiger partial charge in [0.2, 0.25) is 0 Å². The molecule has 0 radical (unpaired) electrons. The van der Waals surface area contributed by atoms with Gasteiger partial charge in [-0.05, 0) is 23.9 Å². The highest BCUT2D eigenvalue weighted by molar-refractivity contribution is 6.10. The van der Waals surface area contributed by atoms with Gasteiger partial charge in [-0.3, -0.25) is 0 Å². The number of hydrogen-bond acceptors (Lipinski definition) is 2. The van der Waals surface area contributed by atoms with Crippen molar-refractivity contribution in [1.82, 2.24) is 9.97 Å². The van der Waals surface area contributed by atoms with E-state index in [1.165, 1.54) is 5.39 Å². The smallest absolute Gasteiger partial charge is 0.0979 e. The molecule has 0 atom stereocenters. The Labute approximate surface area is 158 Å². The Morgan fingerprint density at radius 1 is 0.593 bits per heavy atom. The summed E-state index contributed by atoms with van der Waals surface area (Å²) < 4.78 is 0. The Balaban J connectivity index is 1.91. The third kappa shape index (κ3) is 2.67. The molecule has 0 bridgehead atoms. The van der Waals surface area contributed by atoms with Gasteiger partial charge in [0, 0.05) is 16.5 Å². The summed E-state index contributed by atoms with van der Waals surface area (Å²) in [5.74, 6) is 0. The molecule has 0 saturated heterocycles. The van der Waals surface area contributed by atoms with E-state index in [1.54, 1.807) is 0 Å². The number of hydrogen-bond donors (Lipinski definition) is 0. The first-order valence-electron chi connectivity index (χ1n) is 9.12. The van der Waals surface area contributed by atoms with Gasteiger partial charge in [-0.25, -0.2) is 9.97 Å². The van der Waals surface area contributed by atoms with Crippen molar-refractivity contribution in [3.63, 3.8) is 0 Å². The Hall–Kier alpha value is -3.52. The van der Waals surface area contributed by atoms with Crippen molar-refractivity contribution in [2.75, 3.05) is 0 Å². The maximum atomic E-state index is 5.10. The molecule has 0 aliphatic carbocycles. The SMILES string of the molecule is Cc1nc2c(-c3ccccc3)cc3ccccc3c2nc1-c1ccccc1. The van der Waals surface area contributed by atoms with E-state index in [0.29, 0.717) is 0 Å². The highest BCUT2D eigenvalue weighted by Gasteiger charge is 2.14. The monoisotopic (exact) mass is 346 g/mol. The maximum absolute atomic E-state index is 5.10. The normalized spacial score (nSPS) is 11.1. The first kappa shape index (κ1) is 15.7. The second-order valence-electron chi connectivity index (χ2n) is 6.73. The molecule has 2 nitrogen and oxygen atoms in total. The lowest BCUT2D eigenvalue weighted by molar-refractivity contribution is 1.19. The Morgan fingerprint density at radius 2 is 1.22 bits per heavy atom. The van der Waals surface area contributed by atoms with Crippen LogP contribution in [0, 0.1) is 6.92 Å². The molecule has 5 rings (SSSR count). The molecule has 0 N–H and O–H groups in total. The molecule has 0 saturated carbocycles. The molecule has 0 aliphatic heterocycles. The average Bonchev–Trinajstić information content (AvgIpc) is 2.74. The zero-order valence-corrected chi connectivity index (χ0v) is 15.1. The lowest BCUT2D eigenvalue weighted by Gasteiger charge is -2.13. The van der Waals surface area contributed by atoms with Gasteiger partial charge in [0.15, 0.2) is 0 Å². The summed E-state index contributed by atoms with van der Waals surface area (Å²) in [5, 5.41) is 2.32. The summed E-state index contributed by atoms with van der Waals surface area (Å²) in [6, 6.07) is 31.3. The summed E-state index contributed by atoms with van der Waals surface area (Å²) >= 11 is 0. The van der Waals surface area contributed by atoms with Gasteiger partial charge in [0.05, 0.1) is 22.4 Å². The molecule has 0 fully saturated rings. The van der Waals surface area contributed by atoms with Gasteiger partial charge < -0.3 is 0 Å². The van der Waals surface area contributed by atoms with Gasteiger partial charge in [-0.2, -0.15) is 0 Å². The van der Waals surface area contributed by atoms with Gasteiger partial charge in [0.1, 0.15) is 0 Å². The van der Waals surface area contributed by atoms with Crippen LogP contribution in [-0.4, -0.2) is 9.97 Å². The lowest BCUT2D eigenvalue weighted by Crippen LogP contribution is -1.97. The highest BCUT2D eigenvalue weighted by atomic mass is 14.8. The molecule has 1 heterocycles. The Bertz CT molecular complexity index is 1260. The molecule has 0 unspecified atom stereocenters. The number of benzene rings is 4. The molecule has 27 heavy (non-hydrogen) atoms. The van der Waals surface area contributed by atoms with Crippen LogP contribution in [0.25, 0.3) is 44.2 Å². The first-order valence-corrected chi connectivity index (χ1v) is 9.12. The zero-order chi connectivity index (χ0) is 18.2. The molecule has 0 spiro atoms. The Kier molecular flexibility index (Phi) is 3.68. The average molecular weight is 346 g/mol. The van der Waals surface area contributed by atoms with Crippen LogP contribution >= 0.6 is 0 Å². The first-order chi connectivity index (χ1) is 13.3. The minimum Gasteiger partial charge on any atom is -0.249 e. The van der Waals surface area contributed by atoms with E-state index in [0.717, 1.165) is 44.5 Å². The lowest BCUT2D eigenvalue weighted by atomic mass is 9.98. The van der Waals surface area contributed by atoms with E-state index in [4.69, 9.17) is 9.97 Å². The van der Waals surface area contributed by atoms with Crippen molar-refractivity contribution in [3.8, 4) is 22.4 Å². The van der Waals surface area contributed by atoms with Crippen LogP contribution in [0.3, 0.4) is 0 Å². The molecule has 0 aliphatic rings. The van der Waals surface area contributed by atoms with Crippen molar-refractivity contribution < 1.29 is 0 Å². The molecule has 2 heteroatoms. The van der Waals surface area contributed by atoms with Crippen LogP contribution in [0.5, 0.6) is 0 Å². The molecule has 5 aromatic rings. The van der Waals surface area contributed by atoms with Gasteiger partial charge >= 0.3 is 0 Å². The molecule has 1 aromatic heterocycles. The molecular formula is C25H18N2. The third-order valence-electron chi connectivity index (χ3n) is 4.97. The van der Waals surface area contributed by atoms with Crippen LogP contribution in [0.2, 0.25) is 0 Å². The Morgan fingerprint density at radius 3 is 1.96 bits per heavy atom. The van der Waals surface area contributed by atoms with E-state index in [9.17, 15) is 0 Å².